The van der Waals surface area contributed by atoms with E-state index < -0.39 is 12.0 Å². The van der Waals surface area contributed by atoms with Gasteiger partial charge in [-0.25, -0.2) is 13.8 Å². The average molecular weight is 459 g/mol. The minimum absolute atomic E-state index is 0.126. The van der Waals surface area contributed by atoms with E-state index in [9.17, 15) is 4.39 Å². The van der Waals surface area contributed by atoms with Crippen molar-refractivity contribution >= 4 is 16.7 Å². The zero-order valence-electron chi connectivity index (χ0n) is 18.9. The Bertz CT molecular complexity index is 1160. The molecule has 176 valence electrons. The van der Waals surface area contributed by atoms with Crippen molar-refractivity contribution in [3.63, 3.8) is 0 Å². The number of fused-ring (bicyclic) bond motifs is 1. The summed E-state index contributed by atoms with van der Waals surface area (Å²) in [6.07, 6.45) is 0.362. The molecule has 3 aromatic rings. The van der Waals surface area contributed by atoms with Gasteiger partial charge in [0.15, 0.2) is 11.6 Å². The maximum Gasteiger partial charge on any atom is 0.261 e. The van der Waals surface area contributed by atoms with Crippen LogP contribution in [0.15, 0.2) is 16.7 Å². The second-order valence-electron chi connectivity index (χ2n) is 8.67. The summed E-state index contributed by atoms with van der Waals surface area (Å²) in [6, 6.07) is 2.95. The molecule has 0 unspecified atom stereocenters. The van der Waals surface area contributed by atoms with Crippen molar-refractivity contribution < 1.29 is 22.8 Å². The highest BCUT2D eigenvalue weighted by atomic mass is 19.1. The van der Waals surface area contributed by atoms with Gasteiger partial charge in [0, 0.05) is 36.7 Å². The zero-order valence-corrected chi connectivity index (χ0v) is 18.9. The van der Waals surface area contributed by atoms with Crippen LogP contribution >= 0.6 is 0 Å². The van der Waals surface area contributed by atoms with Gasteiger partial charge in [-0.15, -0.1) is 0 Å². The fraction of sp³-hybridized carbons (Fsp3) is 0.522. The van der Waals surface area contributed by atoms with Crippen molar-refractivity contribution in [1.82, 2.24) is 20.4 Å². The van der Waals surface area contributed by atoms with Crippen molar-refractivity contribution in [2.75, 3.05) is 38.3 Å². The molecule has 8 nitrogen and oxygen atoms in total. The summed E-state index contributed by atoms with van der Waals surface area (Å²) in [5.41, 5.74) is 1.50. The van der Waals surface area contributed by atoms with Gasteiger partial charge >= 0.3 is 0 Å². The molecular formula is C23H27F2N5O3. The fourth-order valence-electron chi connectivity index (χ4n) is 4.69. The maximum absolute atomic E-state index is 15.3. The van der Waals surface area contributed by atoms with Crippen LogP contribution in [-0.2, 0) is 4.74 Å². The number of piperidine rings is 1. The average Bonchev–Trinajstić information content (AvgIpc) is 3.47. The van der Waals surface area contributed by atoms with E-state index in [1.807, 2.05) is 11.8 Å². The summed E-state index contributed by atoms with van der Waals surface area (Å²) in [5, 5.41) is 7.88. The van der Waals surface area contributed by atoms with Crippen LogP contribution in [0.3, 0.4) is 0 Å². The van der Waals surface area contributed by atoms with Crippen LogP contribution < -0.4 is 15.0 Å². The van der Waals surface area contributed by atoms with Gasteiger partial charge in [0.05, 0.1) is 25.8 Å². The molecule has 0 amide bonds. The van der Waals surface area contributed by atoms with Crippen LogP contribution in [0.2, 0.25) is 0 Å². The first-order valence-corrected chi connectivity index (χ1v) is 11.2. The third kappa shape index (κ3) is 4.13. The number of aryl methyl sites for hydroxylation is 2. The van der Waals surface area contributed by atoms with Crippen molar-refractivity contribution in [3.8, 4) is 17.2 Å². The zero-order chi connectivity index (χ0) is 23.1. The van der Waals surface area contributed by atoms with Crippen molar-refractivity contribution in [2.24, 2.45) is 0 Å². The van der Waals surface area contributed by atoms with E-state index in [1.165, 1.54) is 13.2 Å². The largest absolute Gasteiger partial charge is 0.497 e. The molecule has 0 aliphatic carbocycles. The summed E-state index contributed by atoms with van der Waals surface area (Å²) in [6.45, 7) is 5.57. The molecule has 0 bridgehead atoms. The Balaban J connectivity index is 1.55. The van der Waals surface area contributed by atoms with Crippen LogP contribution in [0.1, 0.15) is 24.2 Å². The first-order valence-electron chi connectivity index (χ1n) is 11.2. The summed E-state index contributed by atoms with van der Waals surface area (Å²) in [5.74, 6) is 1.07. The van der Waals surface area contributed by atoms with Gasteiger partial charge in [-0.2, -0.15) is 4.98 Å². The molecule has 2 saturated heterocycles. The number of alkyl halides is 1. The molecule has 2 fully saturated rings. The standard InChI is InChI=1S/C23H27F2N5O3/c1-12-16-8-15(31-3)9-17(24)21(16)28-22(20(12)23-26-13(2)29-33-23)30-6-4-19(18(25)10-30)27-14-5-7-32-11-14/h8-9,14,18-19,27H,4-7,10-11H2,1-3H3/t14-,18-,19-/m1/s1. The Labute approximate surface area is 190 Å². The van der Waals surface area contributed by atoms with Crippen molar-refractivity contribution in [3.05, 3.63) is 29.3 Å². The van der Waals surface area contributed by atoms with Gasteiger partial charge in [-0.3, -0.25) is 0 Å². The van der Waals surface area contributed by atoms with E-state index in [0.717, 1.165) is 12.0 Å². The van der Waals surface area contributed by atoms with E-state index in [-0.39, 0.29) is 30.0 Å². The molecule has 5 rings (SSSR count). The fourth-order valence-corrected chi connectivity index (χ4v) is 4.69. The summed E-state index contributed by atoms with van der Waals surface area (Å²) >= 11 is 0. The smallest absolute Gasteiger partial charge is 0.261 e. The van der Waals surface area contributed by atoms with E-state index in [2.05, 4.69) is 20.4 Å². The number of benzene rings is 1. The van der Waals surface area contributed by atoms with Crippen molar-refractivity contribution in [1.29, 1.82) is 0 Å². The molecule has 1 N–H and O–H groups in total. The third-order valence-electron chi connectivity index (χ3n) is 6.45. The number of methoxy groups -OCH3 is 1. The van der Waals surface area contributed by atoms with Crippen molar-refractivity contribution in [2.45, 2.75) is 44.9 Å². The number of rotatable bonds is 5. The predicted molar refractivity (Wildman–Crippen MR) is 119 cm³/mol. The third-order valence-corrected chi connectivity index (χ3v) is 6.45. The van der Waals surface area contributed by atoms with Gasteiger partial charge in [-0.05, 0) is 38.3 Å². The van der Waals surface area contributed by atoms with Crippen LogP contribution in [0.5, 0.6) is 5.75 Å². The molecule has 0 radical (unpaired) electrons. The molecule has 1 aromatic carbocycles. The molecule has 2 aliphatic rings. The molecular weight excluding hydrogens is 432 g/mol. The first-order chi connectivity index (χ1) is 15.9. The lowest BCUT2D eigenvalue weighted by molar-refractivity contribution is 0.172. The predicted octanol–water partition coefficient (Wildman–Crippen LogP) is 3.34. The highest BCUT2D eigenvalue weighted by Gasteiger charge is 2.34. The Morgan fingerprint density at radius 2 is 2.06 bits per heavy atom. The number of halogens is 2. The second kappa shape index (κ2) is 8.83. The minimum Gasteiger partial charge on any atom is -0.497 e. The SMILES string of the molecule is COc1cc(F)c2nc(N3CC[C@@H](N[C@@H]4CCOC4)[C@H](F)C3)c(-c3nc(C)no3)c(C)c2c1. The minimum atomic E-state index is -1.12. The summed E-state index contributed by atoms with van der Waals surface area (Å²) in [4.78, 5) is 10.9. The van der Waals surface area contributed by atoms with Crippen LogP contribution in [0, 0.1) is 19.7 Å². The van der Waals surface area contributed by atoms with Gasteiger partial charge in [0.25, 0.3) is 5.89 Å². The van der Waals surface area contributed by atoms with Gasteiger partial charge in [0.2, 0.25) is 0 Å². The monoisotopic (exact) mass is 459 g/mol. The van der Waals surface area contributed by atoms with Gasteiger partial charge < -0.3 is 24.2 Å². The first kappa shape index (κ1) is 22.0. The quantitative estimate of drug-likeness (QED) is 0.622. The molecule has 0 saturated carbocycles. The van der Waals surface area contributed by atoms with E-state index in [1.54, 1.807) is 13.0 Å². The highest BCUT2D eigenvalue weighted by molar-refractivity contribution is 5.93. The maximum atomic E-state index is 15.3. The molecule has 10 heteroatoms. The number of nitrogens with one attached hydrogen (secondary N) is 1. The molecule has 33 heavy (non-hydrogen) atoms. The molecule has 2 aliphatic heterocycles. The Morgan fingerprint density at radius 3 is 2.73 bits per heavy atom. The molecule has 4 heterocycles. The number of pyridine rings is 1. The van der Waals surface area contributed by atoms with Crippen LogP contribution in [-0.4, -0.2) is 66.8 Å². The number of hydrogen-bond acceptors (Lipinski definition) is 8. The topological polar surface area (TPSA) is 85.5 Å². The second-order valence-corrected chi connectivity index (χ2v) is 8.67. The highest BCUT2D eigenvalue weighted by Crippen LogP contribution is 2.39. The lowest BCUT2D eigenvalue weighted by Gasteiger charge is -2.37. The number of nitrogens with zero attached hydrogens (tertiary/aromatic N) is 4. The Morgan fingerprint density at radius 1 is 1.21 bits per heavy atom. The van der Waals surface area contributed by atoms with Gasteiger partial charge in [-0.1, -0.05) is 5.16 Å². The summed E-state index contributed by atoms with van der Waals surface area (Å²) < 4.78 is 46.3. The van der Waals surface area contributed by atoms with E-state index in [0.29, 0.717) is 54.5 Å². The number of ether oxygens (including phenoxy) is 2. The summed E-state index contributed by atoms with van der Waals surface area (Å²) in [7, 11) is 1.48. The Hall–Kier alpha value is -2.85. The van der Waals surface area contributed by atoms with E-state index >= 15 is 4.39 Å². The van der Waals surface area contributed by atoms with E-state index in [4.69, 9.17) is 14.0 Å². The lowest BCUT2D eigenvalue weighted by atomic mass is 9.98. The van der Waals surface area contributed by atoms with Gasteiger partial charge in [0.1, 0.15) is 23.3 Å². The number of hydrogen-bond donors (Lipinski definition) is 1. The normalized spacial score (nSPS) is 23.4. The molecule has 3 atom stereocenters. The molecule has 2 aromatic heterocycles. The number of anilines is 1. The number of aromatic nitrogens is 3. The van der Waals surface area contributed by atoms with Crippen LogP contribution in [0.25, 0.3) is 22.4 Å². The van der Waals surface area contributed by atoms with Crippen LogP contribution in [0.4, 0.5) is 14.6 Å². The lowest BCUT2D eigenvalue weighted by Crippen LogP contribution is -2.54. The molecule has 0 spiro atoms. The Kier molecular flexibility index (Phi) is 5.88.